The molecule has 1 saturated heterocycles. The van der Waals surface area contributed by atoms with Gasteiger partial charge >= 0.3 is 0 Å². The molecule has 6 nitrogen and oxygen atoms in total. The second-order valence-corrected chi connectivity index (χ2v) is 6.32. The third-order valence-corrected chi connectivity index (χ3v) is 4.76. The molecule has 1 aromatic heterocycles. The molecule has 0 spiro atoms. The molecule has 0 unspecified atom stereocenters. The van der Waals surface area contributed by atoms with Crippen LogP contribution in [0, 0.1) is 0 Å². The molecule has 1 aromatic carbocycles. The minimum atomic E-state index is -0.121. The first-order chi connectivity index (χ1) is 11.7. The summed E-state index contributed by atoms with van der Waals surface area (Å²) in [6.45, 7) is 9.20. The molecule has 6 heteroatoms. The van der Waals surface area contributed by atoms with Crippen molar-refractivity contribution >= 4 is 16.7 Å². The van der Waals surface area contributed by atoms with Crippen molar-refractivity contribution in [3.8, 4) is 0 Å². The molecule has 1 N–H and O–H groups in total. The zero-order chi connectivity index (χ0) is 17.1. The second kappa shape index (κ2) is 7.13. The first kappa shape index (κ1) is 16.6. The van der Waals surface area contributed by atoms with Crippen molar-refractivity contribution in [3.63, 3.8) is 0 Å². The van der Waals surface area contributed by atoms with Crippen LogP contribution in [0.5, 0.6) is 0 Å². The molecule has 0 aliphatic carbocycles. The molecule has 1 amide bonds. The summed E-state index contributed by atoms with van der Waals surface area (Å²) in [5, 5.41) is 5.64. The van der Waals surface area contributed by atoms with E-state index in [1.807, 2.05) is 30.0 Å². The Morgan fingerprint density at radius 3 is 2.46 bits per heavy atom. The monoisotopic (exact) mass is 329 g/mol. The number of hydrogen-bond acceptors (Lipinski definition) is 3. The Hall–Kier alpha value is -2.21. The van der Waals surface area contributed by atoms with Gasteiger partial charge in [-0.3, -0.25) is 9.59 Å². The molecule has 0 radical (unpaired) electrons. The van der Waals surface area contributed by atoms with Crippen LogP contribution in [0.3, 0.4) is 0 Å². The van der Waals surface area contributed by atoms with Crippen LogP contribution in [0.15, 0.2) is 29.1 Å². The average Bonchev–Trinajstić information content (AvgIpc) is 2.64. The third-order valence-electron chi connectivity index (χ3n) is 4.76. The Morgan fingerprint density at radius 1 is 1.17 bits per heavy atom. The van der Waals surface area contributed by atoms with E-state index in [0.717, 1.165) is 39.1 Å². The summed E-state index contributed by atoms with van der Waals surface area (Å²) in [6.07, 6.45) is 0.803. The molecule has 24 heavy (non-hydrogen) atoms. The number of carbonyl (C=O) groups excluding carboxylic acids is 1. The van der Waals surface area contributed by atoms with Crippen molar-refractivity contribution in [1.82, 2.24) is 14.7 Å². The normalized spacial score (nSPS) is 15.8. The first-order valence-electron chi connectivity index (χ1n) is 8.78. The summed E-state index contributed by atoms with van der Waals surface area (Å²) in [5.74, 6) is -0.0637. The van der Waals surface area contributed by atoms with Crippen LogP contribution in [0.25, 0.3) is 10.8 Å². The topological polar surface area (TPSA) is 59.6 Å². The third kappa shape index (κ3) is 3.06. The molecular formula is C18H25N4O2+. The first-order valence-corrected chi connectivity index (χ1v) is 8.78. The van der Waals surface area contributed by atoms with Gasteiger partial charge in [0.15, 0.2) is 5.69 Å². The molecule has 3 rings (SSSR count). The minimum Gasteiger partial charge on any atom is -0.332 e. The molecular weight excluding hydrogens is 304 g/mol. The van der Waals surface area contributed by atoms with Crippen LogP contribution in [0.4, 0.5) is 0 Å². The van der Waals surface area contributed by atoms with E-state index in [1.54, 1.807) is 6.07 Å². The number of piperazine rings is 1. The van der Waals surface area contributed by atoms with Crippen LogP contribution in [-0.4, -0.2) is 53.3 Å². The highest BCUT2D eigenvalue weighted by atomic mass is 16.2. The number of fused-ring (bicyclic) bond motifs is 1. The fourth-order valence-corrected chi connectivity index (χ4v) is 3.29. The van der Waals surface area contributed by atoms with Crippen molar-refractivity contribution < 1.29 is 9.69 Å². The van der Waals surface area contributed by atoms with Gasteiger partial charge in [0.2, 0.25) is 0 Å². The largest absolute Gasteiger partial charge is 0.332 e. The summed E-state index contributed by atoms with van der Waals surface area (Å²) < 4.78 is 1.43. The second-order valence-electron chi connectivity index (χ2n) is 6.32. The van der Waals surface area contributed by atoms with Crippen molar-refractivity contribution in [2.75, 3.05) is 32.7 Å². The van der Waals surface area contributed by atoms with Gasteiger partial charge in [-0.25, -0.2) is 4.68 Å². The van der Waals surface area contributed by atoms with E-state index in [4.69, 9.17) is 0 Å². The summed E-state index contributed by atoms with van der Waals surface area (Å²) in [5.41, 5.74) is 0.280. The molecule has 2 heterocycles. The maximum absolute atomic E-state index is 13.0. The van der Waals surface area contributed by atoms with Crippen LogP contribution in [0.1, 0.15) is 30.8 Å². The van der Waals surface area contributed by atoms with Gasteiger partial charge in [-0.2, -0.15) is 5.10 Å². The summed E-state index contributed by atoms with van der Waals surface area (Å²) in [7, 11) is 0. The molecule has 1 fully saturated rings. The minimum absolute atomic E-state index is 0.0637. The SMILES string of the molecule is CCCn1nc(C(=O)N2CC[NH+](CC)CC2)c2ccccc2c1=O. The van der Waals surface area contributed by atoms with Crippen molar-refractivity contribution in [1.29, 1.82) is 0 Å². The van der Waals surface area contributed by atoms with Crippen LogP contribution in [0.2, 0.25) is 0 Å². The Bertz CT molecular complexity index is 791. The number of hydrogen-bond donors (Lipinski definition) is 1. The summed E-state index contributed by atoms with van der Waals surface area (Å²) >= 11 is 0. The highest BCUT2D eigenvalue weighted by Gasteiger charge is 2.26. The zero-order valence-corrected chi connectivity index (χ0v) is 14.4. The number of aryl methyl sites for hydroxylation is 1. The summed E-state index contributed by atoms with van der Waals surface area (Å²) in [4.78, 5) is 28.9. The number of amides is 1. The standard InChI is InChI=1S/C18H24N4O2/c1-3-9-22-17(23)15-8-6-5-7-14(15)16(19-22)18(24)21-12-10-20(4-2)11-13-21/h5-8H,3-4,9-13H2,1-2H3/p+1. The Morgan fingerprint density at radius 2 is 1.83 bits per heavy atom. The van der Waals surface area contributed by atoms with Crippen LogP contribution in [-0.2, 0) is 6.54 Å². The molecule has 2 aromatic rings. The Balaban J connectivity index is 2.00. The van der Waals surface area contributed by atoms with Crippen LogP contribution < -0.4 is 10.5 Å². The lowest BCUT2D eigenvalue weighted by Crippen LogP contribution is -3.14. The van der Waals surface area contributed by atoms with Gasteiger partial charge in [0.05, 0.1) is 38.1 Å². The lowest BCUT2D eigenvalue weighted by Gasteiger charge is -2.31. The lowest BCUT2D eigenvalue weighted by atomic mass is 10.1. The molecule has 1 aliphatic heterocycles. The molecule has 0 saturated carbocycles. The van der Waals surface area contributed by atoms with E-state index in [0.29, 0.717) is 23.0 Å². The van der Waals surface area contributed by atoms with E-state index in [-0.39, 0.29) is 11.5 Å². The molecule has 128 valence electrons. The van der Waals surface area contributed by atoms with E-state index in [1.165, 1.54) is 9.58 Å². The van der Waals surface area contributed by atoms with E-state index < -0.39 is 0 Å². The number of nitrogens with zero attached hydrogens (tertiary/aromatic N) is 3. The highest BCUT2D eigenvalue weighted by molar-refractivity contribution is 6.04. The smallest absolute Gasteiger partial charge is 0.275 e. The highest BCUT2D eigenvalue weighted by Crippen LogP contribution is 2.15. The quantitative estimate of drug-likeness (QED) is 0.870. The van der Waals surface area contributed by atoms with Crippen LogP contribution >= 0.6 is 0 Å². The number of rotatable bonds is 4. The molecule has 1 aliphatic rings. The number of carbonyl (C=O) groups is 1. The average molecular weight is 329 g/mol. The van der Waals surface area contributed by atoms with E-state index >= 15 is 0 Å². The Labute approximate surface area is 141 Å². The number of nitrogens with one attached hydrogen (secondary N) is 1. The maximum Gasteiger partial charge on any atom is 0.275 e. The maximum atomic E-state index is 13.0. The molecule has 0 atom stereocenters. The van der Waals surface area contributed by atoms with E-state index in [2.05, 4.69) is 12.0 Å². The van der Waals surface area contributed by atoms with Gasteiger partial charge in [-0.1, -0.05) is 25.1 Å². The van der Waals surface area contributed by atoms with Crippen molar-refractivity contribution in [3.05, 3.63) is 40.3 Å². The van der Waals surface area contributed by atoms with E-state index in [9.17, 15) is 9.59 Å². The fourth-order valence-electron chi connectivity index (χ4n) is 3.29. The van der Waals surface area contributed by atoms with Gasteiger partial charge in [-0.05, 0) is 19.4 Å². The van der Waals surface area contributed by atoms with Gasteiger partial charge in [0, 0.05) is 11.9 Å². The van der Waals surface area contributed by atoms with Gasteiger partial charge in [0.25, 0.3) is 11.5 Å². The van der Waals surface area contributed by atoms with Crippen molar-refractivity contribution in [2.24, 2.45) is 0 Å². The predicted octanol–water partition coefficient (Wildman–Crippen LogP) is 0.167. The number of likely N-dealkylation sites (N-methyl/N-ethyl adjacent to an activating group) is 1. The Kier molecular flexibility index (Phi) is 4.94. The number of aromatic nitrogens is 2. The van der Waals surface area contributed by atoms with Gasteiger partial charge in [0.1, 0.15) is 0 Å². The molecule has 0 bridgehead atoms. The number of benzene rings is 1. The predicted molar refractivity (Wildman–Crippen MR) is 93.4 cm³/mol. The number of quaternary nitrogens is 1. The lowest BCUT2D eigenvalue weighted by molar-refractivity contribution is -0.902. The van der Waals surface area contributed by atoms with Gasteiger partial charge < -0.3 is 9.80 Å². The summed E-state index contributed by atoms with van der Waals surface area (Å²) in [6, 6.07) is 7.28. The van der Waals surface area contributed by atoms with Gasteiger partial charge in [-0.15, -0.1) is 0 Å². The fraction of sp³-hybridized carbons (Fsp3) is 0.500. The van der Waals surface area contributed by atoms with Crippen molar-refractivity contribution in [2.45, 2.75) is 26.8 Å². The zero-order valence-electron chi connectivity index (χ0n) is 14.4.